The molecule has 0 radical (unpaired) electrons. The van der Waals surface area contributed by atoms with Gasteiger partial charge in [0.1, 0.15) is 0 Å². The zero-order chi connectivity index (χ0) is 23.8. The molecule has 0 saturated carbocycles. The van der Waals surface area contributed by atoms with E-state index in [1.54, 1.807) is 0 Å². The molecule has 0 fully saturated rings. The Bertz CT molecular complexity index is 1220. The number of hydrogen-bond acceptors (Lipinski definition) is 4. The topological polar surface area (TPSA) is 67.9 Å². The molecule has 0 saturated heterocycles. The summed E-state index contributed by atoms with van der Waals surface area (Å²) in [4.78, 5) is 8.57. The van der Waals surface area contributed by atoms with Crippen LogP contribution in [-0.2, 0) is 24.3 Å². The Morgan fingerprint density at radius 3 is 2.31 bits per heavy atom. The van der Waals surface area contributed by atoms with E-state index in [1.165, 1.54) is 0 Å². The van der Waals surface area contributed by atoms with Crippen LogP contribution >= 0.6 is 12.4 Å². The van der Waals surface area contributed by atoms with Crippen LogP contribution in [0.5, 0.6) is 0 Å². The fraction of sp³-hybridized carbons (Fsp3) is 0.214. The number of halogens is 1. The number of nitrogens with zero attached hydrogens (tertiary/aromatic N) is 4. The number of rotatable bonds is 10. The Balaban J connectivity index is 0.00000342. The summed E-state index contributed by atoms with van der Waals surface area (Å²) in [6.07, 6.45) is 6.14. The molecule has 0 bridgehead atoms. The van der Waals surface area contributed by atoms with Crippen LogP contribution in [0.3, 0.4) is 0 Å². The van der Waals surface area contributed by atoms with Crippen LogP contribution in [0.1, 0.15) is 36.6 Å². The van der Waals surface area contributed by atoms with Crippen LogP contribution in [0.2, 0.25) is 0 Å². The van der Waals surface area contributed by atoms with Crippen LogP contribution in [0.4, 0.5) is 5.69 Å². The number of hydrogen-bond donors (Lipinski definition) is 0. The highest BCUT2D eigenvalue weighted by molar-refractivity contribution is 7.91. The average molecular weight is 505 g/mol. The second-order valence-electron chi connectivity index (χ2n) is 8.20. The van der Waals surface area contributed by atoms with Gasteiger partial charge in [-0.25, -0.2) is 4.98 Å². The first-order chi connectivity index (χ1) is 16.7. The van der Waals surface area contributed by atoms with Gasteiger partial charge in [0.05, 0.1) is 30.2 Å². The molecule has 0 aliphatic heterocycles. The molecular formula is C28H29ClN4OS. The second kappa shape index (κ2) is 13.0. The van der Waals surface area contributed by atoms with Crippen molar-refractivity contribution >= 4 is 29.3 Å². The van der Waals surface area contributed by atoms with E-state index in [0.717, 1.165) is 46.1 Å². The number of imidazole rings is 1. The van der Waals surface area contributed by atoms with Crippen molar-refractivity contribution in [3.63, 3.8) is 0 Å². The van der Waals surface area contributed by atoms with Gasteiger partial charge < -0.3 is 14.0 Å². The van der Waals surface area contributed by atoms with Crippen molar-refractivity contribution in [2.75, 3.05) is 11.4 Å². The Morgan fingerprint density at radius 2 is 1.66 bits per heavy atom. The van der Waals surface area contributed by atoms with E-state index in [9.17, 15) is 4.55 Å². The SMILES string of the molecule is CCCCN(Cc1cn(Cc2ccc(C#N)cc2)cn1)c1ccc([S+]([O-])c2ccccc2)cc1.Cl. The molecule has 1 unspecified atom stereocenters. The van der Waals surface area contributed by atoms with Gasteiger partial charge in [-0.2, -0.15) is 5.26 Å². The Labute approximate surface area is 216 Å². The largest absolute Gasteiger partial charge is 0.606 e. The maximum atomic E-state index is 12.8. The van der Waals surface area contributed by atoms with E-state index in [1.807, 2.05) is 73.1 Å². The Hall–Kier alpha value is -3.24. The van der Waals surface area contributed by atoms with Crippen LogP contribution in [0.25, 0.3) is 0 Å². The zero-order valence-electron chi connectivity index (χ0n) is 19.7. The first kappa shape index (κ1) is 26.4. The molecule has 1 aromatic heterocycles. The van der Waals surface area contributed by atoms with Crippen molar-refractivity contribution in [2.24, 2.45) is 0 Å². The Kier molecular flexibility index (Phi) is 9.80. The molecule has 0 spiro atoms. The van der Waals surface area contributed by atoms with Crippen LogP contribution in [-0.4, -0.2) is 20.6 Å². The van der Waals surface area contributed by atoms with Crippen LogP contribution < -0.4 is 4.90 Å². The van der Waals surface area contributed by atoms with Gasteiger partial charge in [0.2, 0.25) is 0 Å². The van der Waals surface area contributed by atoms with E-state index < -0.39 is 11.2 Å². The van der Waals surface area contributed by atoms with Crippen molar-refractivity contribution in [1.29, 1.82) is 5.26 Å². The molecule has 4 rings (SSSR count). The van der Waals surface area contributed by atoms with Gasteiger partial charge >= 0.3 is 0 Å². The molecule has 0 amide bonds. The summed E-state index contributed by atoms with van der Waals surface area (Å²) < 4.78 is 14.9. The molecule has 0 aliphatic carbocycles. The standard InChI is InChI=1S/C28H28N4OS.ClH/c1-2-3-17-32(26-13-15-28(16-14-26)34(33)27-7-5-4-6-8-27)21-25-20-31(22-30-25)19-24-11-9-23(18-29)10-12-24;/h4-16,20,22H,2-3,17,19,21H2,1H3;1H. The normalized spacial score (nSPS) is 11.3. The van der Waals surface area contributed by atoms with E-state index in [2.05, 4.69) is 45.8 Å². The van der Waals surface area contributed by atoms with Gasteiger partial charge in [-0.15, -0.1) is 12.4 Å². The average Bonchev–Trinajstić information content (AvgIpc) is 3.34. The second-order valence-corrected chi connectivity index (χ2v) is 9.68. The smallest absolute Gasteiger partial charge is 0.158 e. The highest BCUT2D eigenvalue weighted by atomic mass is 35.5. The lowest BCUT2D eigenvalue weighted by atomic mass is 10.1. The molecule has 35 heavy (non-hydrogen) atoms. The van der Waals surface area contributed by atoms with Crippen molar-refractivity contribution in [3.8, 4) is 6.07 Å². The van der Waals surface area contributed by atoms with Gasteiger partial charge in [0, 0.05) is 36.1 Å². The quantitative estimate of drug-likeness (QED) is 0.241. The molecule has 0 aliphatic rings. The minimum absolute atomic E-state index is 0. The van der Waals surface area contributed by atoms with E-state index in [4.69, 9.17) is 5.26 Å². The minimum atomic E-state index is -1.18. The van der Waals surface area contributed by atoms with Gasteiger partial charge in [-0.05, 0) is 60.5 Å². The summed E-state index contributed by atoms with van der Waals surface area (Å²) in [7, 11) is 0. The minimum Gasteiger partial charge on any atom is -0.606 e. The molecular weight excluding hydrogens is 476 g/mol. The summed E-state index contributed by atoms with van der Waals surface area (Å²) in [5, 5.41) is 8.97. The molecule has 3 aromatic carbocycles. The maximum Gasteiger partial charge on any atom is 0.158 e. The van der Waals surface area contributed by atoms with Crippen molar-refractivity contribution in [1.82, 2.24) is 9.55 Å². The summed E-state index contributed by atoms with van der Waals surface area (Å²) >= 11 is -1.18. The summed E-state index contributed by atoms with van der Waals surface area (Å²) in [5.74, 6) is 0. The molecule has 1 atom stereocenters. The predicted octanol–water partition coefficient (Wildman–Crippen LogP) is 6.20. The van der Waals surface area contributed by atoms with E-state index in [-0.39, 0.29) is 12.4 Å². The van der Waals surface area contributed by atoms with E-state index >= 15 is 0 Å². The highest BCUT2D eigenvalue weighted by Gasteiger charge is 2.16. The first-order valence-corrected chi connectivity index (χ1v) is 12.6. The first-order valence-electron chi connectivity index (χ1n) is 11.5. The molecule has 1 heterocycles. The predicted molar refractivity (Wildman–Crippen MR) is 143 cm³/mol. The zero-order valence-corrected chi connectivity index (χ0v) is 21.3. The summed E-state index contributed by atoms with van der Waals surface area (Å²) in [5.41, 5.74) is 3.90. The van der Waals surface area contributed by atoms with Crippen molar-refractivity contribution in [2.45, 2.75) is 42.6 Å². The third-order valence-electron chi connectivity index (χ3n) is 5.64. The maximum absolute atomic E-state index is 12.8. The van der Waals surface area contributed by atoms with Crippen molar-refractivity contribution in [3.05, 3.63) is 108 Å². The number of aromatic nitrogens is 2. The van der Waals surface area contributed by atoms with Crippen LogP contribution in [0, 0.1) is 11.3 Å². The third-order valence-corrected chi connectivity index (χ3v) is 7.04. The van der Waals surface area contributed by atoms with Gasteiger partial charge in [-0.3, -0.25) is 0 Å². The lowest BCUT2D eigenvalue weighted by Crippen LogP contribution is -2.24. The fourth-order valence-electron chi connectivity index (χ4n) is 3.77. The number of anilines is 1. The Morgan fingerprint density at radius 1 is 0.971 bits per heavy atom. The highest BCUT2D eigenvalue weighted by Crippen LogP contribution is 2.25. The van der Waals surface area contributed by atoms with Gasteiger partial charge in [-0.1, -0.05) is 43.7 Å². The number of benzene rings is 3. The molecule has 0 N–H and O–H groups in total. The van der Waals surface area contributed by atoms with E-state index in [0.29, 0.717) is 18.7 Å². The summed E-state index contributed by atoms with van der Waals surface area (Å²) in [6, 6.07) is 27.4. The van der Waals surface area contributed by atoms with Crippen molar-refractivity contribution < 1.29 is 4.55 Å². The molecule has 180 valence electrons. The lowest BCUT2D eigenvalue weighted by molar-refractivity contribution is 0.595. The van der Waals surface area contributed by atoms with Gasteiger partial charge in [0.25, 0.3) is 0 Å². The monoisotopic (exact) mass is 504 g/mol. The molecule has 7 heteroatoms. The third kappa shape index (κ3) is 7.12. The number of nitriles is 1. The fourth-order valence-corrected chi connectivity index (χ4v) is 4.83. The van der Waals surface area contributed by atoms with Gasteiger partial charge in [0.15, 0.2) is 9.79 Å². The van der Waals surface area contributed by atoms with Crippen LogP contribution in [0.15, 0.2) is 101 Å². The summed E-state index contributed by atoms with van der Waals surface area (Å²) in [6.45, 7) is 4.55. The number of unbranched alkanes of at least 4 members (excludes halogenated alkanes) is 1. The molecule has 4 aromatic rings. The molecule has 5 nitrogen and oxygen atoms in total. The lowest BCUT2D eigenvalue weighted by Gasteiger charge is -2.24.